The van der Waals surface area contributed by atoms with E-state index in [-0.39, 0.29) is 11.8 Å². The van der Waals surface area contributed by atoms with Crippen molar-refractivity contribution < 1.29 is 9.59 Å². The van der Waals surface area contributed by atoms with E-state index in [1.54, 1.807) is 38.4 Å². The molecule has 0 aliphatic heterocycles. The Balaban J connectivity index is 1.92. The normalized spacial score (nSPS) is 10.3. The lowest BCUT2D eigenvalue weighted by atomic mass is 10.2. The zero-order chi connectivity index (χ0) is 17.7. The first-order valence-corrected chi connectivity index (χ1v) is 8.67. The number of rotatable bonds is 5. The summed E-state index contributed by atoms with van der Waals surface area (Å²) in [7, 11) is 3.42. The van der Waals surface area contributed by atoms with E-state index >= 15 is 0 Å². The molecule has 0 spiro atoms. The van der Waals surface area contributed by atoms with Gasteiger partial charge in [-0.2, -0.15) is 0 Å². The van der Waals surface area contributed by atoms with Gasteiger partial charge in [-0.3, -0.25) is 9.59 Å². The van der Waals surface area contributed by atoms with Gasteiger partial charge in [0.2, 0.25) is 5.91 Å². The van der Waals surface area contributed by atoms with Gasteiger partial charge in [-0.05, 0) is 49.7 Å². The number of nitrogens with zero attached hydrogens (tertiary/aromatic N) is 1. The number of aryl methyl sites for hydroxylation is 2. The van der Waals surface area contributed by atoms with Crippen LogP contribution in [0.5, 0.6) is 0 Å². The molecule has 2 rings (SSSR count). The molecule has 0 aromatic heterocycles. The SMILES string of the molecule is Cc1ccc(C)c(SCC(=O)Nc2ccc(C(=O)N(C)C)cc2)c1. The van der Waals surface area contributed by atoms with E-state index in [0.717, 1.165) is 4.90 Å². The highest BCUT2D eigenvalue weighted by Crippen LogP contribution is 2.23. The van der Waals surface area contributed by atoms with Gasteiger partial charge in [0.15, 0.2) is 0 Å². The Morgan fingerprint density at radius 3 is 2.33 bits per heavy atom. The number of benzene rings is 2. The van der Waals surface area contributed by atoms with Crippen LogP contribution >= 0.6 is 11.8 Å². The minimum absolute atomic E-state index is 0.0571. The van der Waals surface area contributed by atoms with Crippen molar-refractivity contribution in [1.29, 1.82) is 0 Å². The number of carbonyl (C=O) groups is 2. The second-order valence-corrected chi connectivity index (χ2v) is 6.90. The van der Waals surface area contributed by atoms with E-state index < -0.39 is 0 Å². The summed E-state index contributed by atoms with van der Waals surface area (Å²) < 4.78 is 0. The first-order valence-electron chi connectivity index (χ1n) is 7.68. The van der Waals surface area contributed by atoms with E-state index in [2.05, 4.69) is 23.5 Å². The zero-order valence-corrected chi connectivity index (χ0v) is 15.2. The lowest BCUT2D eigenvalue weighted by Gasteiger charge is -2.11. The fourth-order valence-corrected chi connectivity index (χ4v) is 3.08. The van der Waals surface area contributed by atoms with Crippen molar-refractivity contribution in [3.63, 3.8) is 0 Å². The number of nitrogens with one attached hydrogen (secondary N) is 1. The van der Waals surface area contributed by atoms with Gasteiger partial charge in [-0.1, -0.05) is 17.7 Å². The molecule has 0 bridgehead atoms. The van der Waals surface area contributed by atoms with E-state index in [0.29, 0.717) is 17.0 Å². The van der Waals surface area contributed by atoms with Gasteiger partial charge in [0.1, 0.15) is 0 Å². The number of amides is 2. The maximum absolute atomic E-state index is 12.1. The van der Waals surface area contributed by atoms with E-state index in [1.807, 2.05) is 13.8 Å². The molecule has 0 fully saturated rings. The van der Waals surface area contributed by atoms with Crippen LogP contribution in [0.2, 0.25) is 0 Å². The van der Waals surface area contributed by atoms with Gasteiger partial charge in [-0.25, -0.2) is 0 Å². The van der Waals surface area contributed by atoms with Crippen LogP contribution in [-0.2, 0) is 4.79 Å². The molecule has 0 heterocycles. The molecule has 2 aromatic rings. The zero-order valence-electron chi connectivity index (χ0n) is 14.4. The monoisotopic (exact) mass is 342 g/mol. The molecule has 126 valence electrons. The lowest BCUT2D eigenvalue weighted by molar-refractivity contribution is -0.113. The molecular weight excluding hydrogens is 320 g/mol. The van der Waals surface area contributed by atoms with Crippen LogP contribution in [0.4, 0.5) is 5.69 Å². The van der Waals surface area contributed by atoms with Crippen molar-refractivity contribution in [3.8, 4) is 0 Å². The van der Waals surface area contributed by atoms with Crippen molar-refractivity contribution in [2.24, 2.45) is 0 Å². The number of carbonyl (C=O) groups excluding carboxylic acids is 2. The van der Waals surface area contributed by atoms with Crippen LogP contribution < -0.4 is 5.32 Å². The highest BCUT2D eigenvalue weighted by Gasteiger charge is 2.09. The molecule has 0 aliphatic carbocycles. The molecule has 0 saturated heterocycles. The largest absolute Gasteiger partial charge is 0.345 e. The number of hydrogen-bond donors (Lipinski definition) is 1. The van der Waals surface area contributed by atoms with Crippen molar-refractivity contribution in [2.75, 3.05) is 25.2 Å². The Hall–Kier alpha value is -2.27. The van der Waals surface area contributed by atoms with Gasteiger partial charge in [0.05, 0.1) is 5.75 Å². The van der Waals surface area contributed by atoms with E-state index in [1.165, 1.54) is 27.8 Å². The fourth-order valence-electron chi connectivity index (χ4n) is 2.16. The Morgan fingerprint density at radius 1 is 1.04 bits per heavy atom. The van der Waals surface area contributed by atoms with Crippen LogP contribution in [0.25, 0.3) is 0 Å². The first kappa shape index (κ1) is 18.1. The molecular formula is C19H22N2O2S. The quantitative estimate of drug-likeness (QED) is 0.842. The van der Waals surface area contributed by atoms with Crippen molar-refractivity contribution in [3.05, 3.63) is 59.2 Å². The summed E-state index contributed by atoms with van der Waals surface area (Å²) >= 11 is 1.53. The average Bonchev–Trinajstić information content (AvgIpc) is 2.55. The van der Waals surface area contributed by atoms with Gasteiger partial charge >= 0.3 is 0 Å². The minimum atomic E-state index is -0.0624. The fraction of sp³-hybridized carbons (Fsp3) is 0.263. The molecule has 0 radical (unpaired) electrons. The summed E-state index contributed by atoms with van der Waals surface area (Å²) in [4.78, 5) is 26.6. The van der Waals surface area contributed by atoms with Crippen LogP contribution in [0, 0.1) is 13.8 Å². The maximum Gasteiger partial charge on any atom is 0.253 e. The second kappa shape index (κ2) is 8.02. The summed E-state index contributed by atoms with van der Waals surface area (Å²) in [6.07, 6.45) is 0. The summed E-state index contributed by atoms with van der Waals surface area (Å²) in [5, 5.41) is 2.86. The summed E-state index contributed by atoms with van der Waals surface area (Å²) in [5.41, 5.74) is 3.65. The Kier molecular flexibility index (Phi) is 6.04. The third-order valence-corrected chi connectivity index (χ3v) is 4.68. The number of hydrogen-bond acceptors (Lipinski definition) is 3. The predicted octanol–water partition coefficient (Wildman–Crippen LogP) is 3.74. The summed E-state index contributed by atoms with van der Waals surface area (Å²) in [6, 6.07) is 13.2. The molecule has 0 saturated carbocycles. The lowest BCUT2D eigenvalue weighted by Crippen LogP contribution is -2.21. The molecule has 0 aliphatic rings. The molecule has 0 atom stereocenters. The van der Waals surface area contributed by atoms with Crippen LogP contribution in [0.1, 0.15) is 21.5 Å². The standard InChI is InChI=1S/C19H22N2O2S/c1-13-5-6-14(2)17(11-13)24-12-18(22)20-16-9-7-15(8-10-16)19(23)21(3)4/h5-11H,12H2,1-4H3,(H,20,22). The van der Waals surface area contributed by atoms with Crippen molar-refractivity contribution >= 4 is 29.3 Å². The minimum Gasteiger partial charge on any atom is -0.345 e. The third kappa shape index (κ3) is 4.86. The highest BCUT2D eigenvalue weighted by atomic mass is 32.2. The average molecular weight is 342 g/mol. The summed E-state index contributed by atoms with van der Waals surface area (Å²) in [6.45, 7) is 4.08. The van der Waals surface area contributed by atoms with Gasteiger partial charge in [-0.15, -0.1) is 11.8 Å². The van der Waals surface area contributed by atoms with Crippen molar-refractivity contribution in [1.82, 2.24) is 4.90 Å². The molecule has 0 unspecified atom stereocenters. The second-order valence-electron chi connectivity index (χ2n) is 5.88. The topological polar surface area (TPSA) is 49.4 Å². The molecule has 1 N–H and O–H groups in total. The molecule has 5 heteroatoms. The van der Waals surface area contributed by atoms with Gasteiger partial charge < -0.3 is 10.2 Å². The van der Waals surface area contributed by atoms with Gasteiger partial charge in [0.25, 0.3) is 5.91 Å². The Morgan fingerprint density at radius 2 is 1.71 bits per heavy atom. The smallest absolute Gasteiger partial charge is 0.253 e. The maximum atomic E-state index is 12.1. The molecule has 4 nitrogen and oxygen atoms in total. The highest BCUT2D eigenvalue weighted by molar-refractivity contribution is 8.00. The molecule has 2 aromatic carbocycles. The van der Waals surface area contributed by atoms with Crippen LogP contribution in [0.15, 0.2) is 47.4 Å². The first-order chi connectivity index (χ1) is 11.4. The molecule has 24 heavy (non-hydrogen) atoms. The Labute approximate surface area is 147 Å². The van der Waals surface area contributed by atoms with E-state index in [9.17, 15) is 9.59 Å². The number of thioether (sulfide) groups is 1. The van der Waals surface area contributed by atoms with Crippen LogP contribution in [-0.4, -0.2) is 36.6 Å². The summed E-state index contributed by atoms with van der Waals surface area (Å²) in [5.74, 6) is 0.230. The van der Waals surface area contributed by atoms with Crippen LogP contribution in [0.3, 0.4) is 0 Å². The van der Waals surface area contributed by atoms with Gasteiger partial charge in [0, 0.05) is 30.2 Å². The van der Waals surface area contributed by atoms with E-state index in [4.69, 9.17) is 0 Å². The van der Waals surface area contributed by atoms with Crippen molar-refractivity contribution in [2.45, 2.75) is 18.7 Å². The predicted molar refractivity (Wildman–Crippen MR) is 99.7 cm³/mol. The molecule has 2 amide bonds. The number of anilines is 1. The third-order valence-electron chi connectivity index (χ3n) is 3.52. The Bertz CT molecular complexity index is 740.